The maximum atomic E-state index is 13.6. The van der Waals surface area contributed by atoms with E-state index in [9.17, 15) is 19.2 Å². The second-order valence-electron chi connectivity index (χ2n) is 7.87. The molecule has 1 saturated heterocycles. The summed E-state index contributed by atoms with van der Waals surface area (Å²) in [4.78, 5) is 27.8. The number of hydrogen-bond donors (Lipinski definition) is 1. The summed E-state index contributed by atoms with van der Waals surface area (Å²) in [5.41, 5.74) is 2.28. The van der Waals surface area contributed by atoms with Gasteiger partial charge in [0.05, 0.1) is 5.25 Å². The van der Waals surface area contributed by atoms with Crippen molar-refractivity contribution in [2.75, 3.05) is 11.4 Å². The zero-order valence-corrected chi connectivity index (χ0v) is 21.0. The average molecular weight is 550 g/mol. The molecule has 1 N–H and O–H groups in total. The van der Waals surface area contributed by atoms with Crippen molar-refractivity contribution >= 4 is 45.2 Å². The zero-order chi connectivity index (χ0) is 24.8. The largest absolute Gasteiger partial charge is 0.351 e. The number of nitrogens with zero attached hydrogens (tertiary/aromatic N) is 2. The van der Waals surface area contributed by atoms with Gasteiger partial charge in [0.15, 0.2) is 0 Å². The van der Waals surface area contributed by atoms with E-state index in [0.717, 1.165) is 15.6 Å². The minimum atomic E-state index is -0.546. The molecule has 35 heavy (non-hydrogen) atoms. The first kappa shape index (κ1) is 24.7. The van der Waals surface area contributed by atoms with Gasteiger partial charge in [-0.3, -0.25) is 14.5 Å². The number of amides is 2. The lowest BCUT2D eigenvalue weighted by molar-refractivity contribution is -0.117. The zero-order valence-electron chi connectivity index (χ0n) is 18.6. The number of carbonyl (C=O) groups is 2. The fourth-order valence-electron chi connectivity index (χ4n) is 3.70. The number of nitriles is 1. The normalized spacial score (nSPS) is 16.7. The summed E-state index contributed by atoms with van der Waals surface area (Å²) in [6.07, 6.45) is 1.03. The third-order valence-electron chi connectivity index (χ3n) is 5.47. The van der Waals surface area contributed by atoms with Crippen molar-refractivity contribution in [3.05, 3.63) is 111 Å². The lowest BCUT2D eigenvalue weighted by Crippen LogP contribution is -2.32. The first-order chi connectivity index (χ1) is 17.0. The quantitative estimate of drug-likeness (QED) is 0.317. The van der Waals surface area contributed by atoms with Gasteiger partial charge in [-0.2, -0.15) is 5.26 Å². The summed E-state index contributed by atoms with van der Waals surface area (Å²) in [5.74, 6) is -1.25. The highest BCUT2D eigenvalue weighted by molar-refractivity contribution is 9.10. The maximum absolute atomic E-state index is 13.6. The number of anilines is 1. The van der Waals surface area contributed by atoms with E-state index in [1.165, 1.54) is 40.9 Å². The molecule has 5 nitrogen and oxygen atoms in total. The molecule has 3 aromatic rings. The molecule has 176 valence electrons. The van der Waals surface area contributed by atoms with E-state index >= 15 is 0 Å². The molecular weight excluding hydrogens is 529 g/mol. The van der Waals surface area contributed by atoms with Crippen LogP contribution in [0.3, 0.4) is 0 Å². The van der Waals surface area contributed by atoms with Crippen LogP contribution in [0.25, 0.3) is 0 Å². The molecule has 3 aromatic carbocycles. The van der Waals surface area contributed by atoms with Crippen LogP contribution < -0.4 is 10.2 Å². The van der Waals surface area contributed by atoms with Crippen molar-refractivity contribution in [3.8, 4) is 6.07 Å². The standard InChI is InChI=1S/C27H21BrFN3O2S/c28-20-8-6-19(7-9-20)16-24-26(34)32(22-12-10-21(29)11-13-22)27(35-24)23(17-30)25(33)31-15-14-18-4-2-1-3-5-18/h1-13,24H,14-16H2,(H,31,33). The number of nitrogens with one attached hydrogen (secondary N) is 1. The van der Waals surface area contributed by atoms with Gasteiger partial charge >= 0.3 is 0 Å². The number of halogens is 2. The summed E-state index contributed by atoms with van der Waals surface area (Å²) in [6.45, 7) is 0.346. The summed E-state index contributed by atoms with van der Waals surface area (Å²) in [5, 5.41) is 12.4. The molecule has 1 unspecified atom stereocenters. The highest BCUT2D eigenvalue weighted by atomic mass is 79.9. The molecule has 0 spiro atoms. The number of rotatable bonds is 7. The van der Waals surface area contributed by atoms with Crippen molar-refractivity contribution < 1.29 is 14.0 Å². The molecule has 0 radical (unpaired) electrons. The van der Waals surface area contributed by atoms with Crippen LogP contribution in [0.15, 0.2) is 93.9 Å². The smallest absolute Gasteiger partial charge is 0.264 e. The molecule has 1 aliphatic heterocycles. The van der Waals surface area contributed by atoms with Crippen molar-refractivity contribution in [2.24, 2.45) is 0 Å². The van der Waals surface area contributed by atoms with Gasteiger partial charge in [0.2, 0.25) is 5.91 Å². The molecule has 0 aliphatic carbocycles. The van der Waals surface area contributed by atoms with E-state index in [1.807, 2.05) is 60.7 Å². The Balaban J connectivity index is 1.61. The van der Waals surface area contributed by atoms with Crippen LogP contribution in [0.1, 0.15) is 11.1 Å². The summed E-state index contributed by atoms with van der Waals surface area (Å²) in [6, 6.07) is 24.8. The highest BCUT2D eigenvalue weighted by Crippen LogP contribution is 2.42. The van der Waals surface area contributed by atoms with Crippen LogP contribution in [-0.4, -0.2) is 23.6 Å². The van der Waals surface area contributed by atoms with E-state index in [0.29, 0.717) is 25.1 Å². The predicted molar refractivity (Wildman–Crippen MR) is 139 cm³/mol. The number of hydrogen-bond acceptors (Lipinski definition) is 4. The molecule has 1 fully saturated rings. The molecule has 4 rings (SSSR count). The molecule has 8 heteroatoms. The number of benzene rings is 3. The van der Waals surface area contributed by atoms with Crippen LogP contribution in [0.2, 0.25) is 0 Å². The maximum Gasteiger partial charge on any atom is 0.264 e. The Morgan fingerprint density at radius 3 is 2.37 bits per heavy atom. The van der Waals surface area contributed by atoms with E-state index in [1.54, 1.807) is 0 Å². The lowest BCUT2D eigenvalue weighted by Gasteiger charge is -2.18. The summed E-state index contributed by atoms with van der Waals surface area (Å²) in [7, 11) is 0. The molecule has 0 aromatic heterocycles. The van der Waals surface area contributed by atoms with Crippen molar-refractivity contribution in [3.63, 3.8) is 0 Å². The molecule has 1 heterocycles. The first-order valence-electron chi connectivity index (χ1n) is 10.9. The van der Waals surface area contributed by atoms with Crippen LogP contribution in [-0.2, 0) is 22.4 Å². The second-order valence-corrected chi connectivity index (χ2v) is 9.98. The molecule has 2 amide bonds. The molecule has 1 aliphatic rings. The Kier molecular flexibility index (Phi) is 8.01. The van der Waals surface area contributed by atoms with Crippen LogP contribution >= 0.6 is 27.7 Å². The Morgan fingerprint density at radius 1 is 1.03 bits per heavy atom. The van der Waals surface area contributed by atoms with Gasteiger partial charge in [0, 0.05) is 16.7 Å². The van der Waals surface area contributed by atoms with Gasteiger partial charge in [0.25, 0.3) is 5.91 Å². The SMILES string of the molecule is N#CC(C(=O)NCCc1ccccc1)=C1SC(Cc2ccc(Br)cc2)C(=O)N1c1ccc(F)cc1. The Morgan fingerprint density at radius 2 is 1.71 bits per heavy atom. The van der Waals surface area contributed by atoms with E-state index in [4.69, 9.17) is 0 Å². The van der Waals surface area contributed by atoms with Crippen molar-refractivity contribution in [2.45, 2.75) is 18.1 Å². The third-order valence-corrected chi connectivity index (χ3v) is 7.26. The van der Waals surface area contributed by atoms with Crippen molar-refractivity contribution in [1.82, 2.24) is 5.32 Å². The van der Waals surface area contributed by atoms with Gasteiger partial charge in [-0.1, -0.05) is 70.2 Å². The van der Waals surface area contributed by atoms with Crippen LogP contribution in [0, 0.1) is 17.1 Å². The minimum absolute atomic E-state index is 0.140. The Labute approximate surface area is 215 Å². The average Bonchev–Trinajstić information content (AvgIpc) is 3.17. The first-order valence-corrected chi connectivity index (χ1v) is 12.6. The van der Waals surface area contributed by atoms with Crippen LogP contribution in [0.4, 0.5) is 10.1 Å². The minimum Gasteiger partial charge on any atom is -0.351 e. The van der Waals surface area contributed by atoms with E-state index in [2.05, 4.69) is 21.2 Å². The second kappa shape index (κ2) is 11.3. The van der Waals surface area contributed by atoms with Gasteiger partial charge in [-0.25, -0.2) is 4.39 Å². The molecule has 0 bridgehead atoms. The third kappa shape index (κ3) is 5.99. The molecule has 1 atom stereocenters. The van der Waals surface area contributed by atoms with Gasteiger partial charge in [-0.05, 0) is 60.4 Å². The molecule has 0 saturated carbocycles. The van der Waals surface area contributed by atoms with E-state index < -0.39 is 17.0 Å². The fourth-order valence-corrected chi connectivity index (χ4v) is 5.27. The number of thioether (sulfide) groups is 1. The van der Waals surface area contributed by atoms with Gasteiger partial charge in [0.1, 0.15) is 22.5 Å². The monoisotopic (exact) mass is 549 g/mol. The summed E-state index contributed by atoms with van der Waals surface area (Å²) >= 11 is 4.59. The number of carbonyl (C=O) groups excluding carboxylic acids is 2. The Hall–Kier alpha value is -3.41. The van der Waals surface area contributed by atoms with Gasteiger partial charge in [-0.15, -0.1) is 0 Å². The van der Waals surface area contributed by atoms with Gasteiger partial charge < -0.3 is 5.32 Å². The lowest BCUT2D eigenvalue weighted by atomic mass is 10.1. The summed E-state index contributed by atoms with van der Waals surface area (Å²) < 4.78 is 14.5. The highest BCUT2D eigenvalue weighted by Gasteiger charge is 2.40. The Bertz CT molecular complexity index is 1290. The molecular formula is C27H21BrFN3O2S. The predicted octanol–water partition coefficient (Wildman–Crippen LogP) is 5.37. The van der Waals surface area contributed by atoms with Crippen molar-refractivity contribution in [1.29, 1.82) is 5.26 Å². The van der Waals surface area contributed by atoms with E-state index in [-0.39, 0.29) is 16.5 Å². The fraction of sp³-hybridized carbons (Fsp3) is 0.148. The van der Waals surface area contributed by atoms with Crippen LogP contribution in [0.5, 0.6) is 0 Å². The topological polar surface area (TPSA) is 73.2 Å².